The summed E-state index contributed by atoms with van der Waals surface area (Å²) in [7, 11) is -3.06. The Morgan fingerprint density at radius 3 is 2.46 bits per heavy atom. The number of alkyl halides is 3. The minimum Gasteiger partial charge on any atom is -0.392 e. The van der Waals surface area contributed by atoms with Crippen LogP contribution in [-0.4, -0.2) is 72.5 Å². The van der Waals surface area contributed by atoms with Gasteiger partial charge in [-0.1, -0.05) is 41.5 Å². The molecule has 2 atom stereocenters. The van der Waals surface area contributed by atoms with Gasteiger partial charge in [0.25, 0.3) is 5.91 Å². The minimum atomic E-state index is -4.45. The molecule has 2 aliphatic rings. The summed E-state index contributed by atoms with van der Waals surface area (Å²) < 4.78 is 59.0. The van der Waals surface area contributed by atoms with Gasteiger partial charge in [-0.3, -0.25) is 10.2 Å². The van der Waals surface area contributed by atoms with Gasteiger partial charge >= 0.3 is 6.18 Å². The first-order valence-corrected chi connectivity index (χ1v) is 19.0. The molecule has 3 N–H and O–H groups in total. The highest BCUT2D eigenvalue weighted by molar-refractivity contribution is 7.96. The normalized spacial score (nSPS) is 18.4. The van der Waals surface area contributed by atoms with Crippen molar-refractivity contribution in [3.05, 3.63) is 91.9 Å². The molecule has 16 heteroatoms. The van der Waals surface area contributed by atoms with Gasteiger partial charge in [0, 0.05) is 48.9 Å². The molecule has 4 heterocycles. The average Bonchev–Trinajstić information content (AvgIpc) is 3.82. The number of rotatable bonds is 8. The average molecular weight is 766 g/mol. The van der Waals surface area contributed by atoms with Crippen LogP contribution < -0.4 is 10.1 Å². The molecule has 2 saturated heterocycles. The number of hydrogen-bond acceptors (Lipinski definition) is 6. The van der Waals surface area contributed by atoms with Crippen molar-refractivity contribution in [3.8, 4) is 28.1 Å². The van der Waals surface area contributed by atoms with Gasteiger partial charge in [-0.2, -0.15) is 18.3 Å². The van der Waals surface area contributed by atoms with Crippen molar-refractivity contribution < 1.29 is 27.3 Å². The third kappa shape index (κ3) is 8.38. The molecule has 9 nitrogen and oxygen atoms in total. The van der Waals surface area contributed by atoms with Crippen LogP contribution in [0.2, 0.25) is 10.0 Å². The second-order valence-corrected chi connectivity index (χ2v) is 16.0. The number of nitrogens with one attached hydrogen (secondary N) is 2. The molecule has 50 heavy (non-hydrogen) atoms. The van der Waals surface area contributed by atoms with E-state index in [2.05, 4.69) is 27.9 Å². The van der Waals surface area contributed by atoms with E-state index in [-0.39, 0.29) is 23.8 Å². The van der Waals surface area contributed by atoms with Crippen LogP contribution in [0.5, 0.6) is 0 Å². The molecule has 2 aromatic carbocycles. The molecule has 0 aliphatic carbocycles. The quantitative estimate of drug-likeness (QED) is 0.148. The Bertz CT molecular complexity index is 2050. The van der Waals surface area contributed by atoms with Crippen molar-refractivity contribution in [2.45, 2.75) is 44.5 Å². The zero-order valence-corrected chi connectivity index (χ0v) is 29.7. The van der Waals surface area contributed by atoms with Crippen LogP contribution in [0.15, 0.2) is 54.6 Å². The Kier molecular flexibility index (Phi) is 11.0. The van der Waals surface area contributed by atoms with Gasteiger partial charge in [0.1, 0.15) is 0 Å². The van der Waals surface area contributed by atoms with Gasteiger partial charge in [0.2, 0.25) is 0 Å². The van der Waals surface area contributed by atoms with Gasteiger partial charge < -0.3 is 5.11 Å². The van der Waals surface area contributed by atoms with Crippen molar-refractivity contribution >= 4 is 56.2 Å². The van der Waals surface area contributed by atoms with Gasteiger partial charge in [0.15, 0.2) is 5.69 Å². The second kappa shape index (κ2) is 15.1. The minimum absolute atomic E-state index is 0.0755. The standard InChI is InChI=1S/C34H33Cl2F3N6O3S2/c1-50(48,44-18-15-25(46)21-44)40-20-27-31(33(47)42-43-16-3-2-4-17-43)41-45(29-13-10-24(35)19-28(29)36)32(27)30-14-12-26(49-30)11-7-22-5-8-23(9-6-22)34(37,38)39/h5-6,8-10,12-14,19,25,46H,1-4,15-18,20-21H2,(H,40,48)(H,42,47)/t25-,50?/m0/s1. The van der Waals surface area contributed by atoms with Crippen LogP contribution in [-0.2, 0) is 22.6 Å². The Morgan fingerprint density at radius 2 is 1.80 bits per heavy atom. The highest BCUT2D eigenvalue weighted by Gasteiger charge is 2.31. The Morgan fingerprint density at radius 1 is 1.06 bits per heavy atom. The molecular weight excluding hydrogens is 732 g/mol. The van der Waals surface area contributed by atoms with E-state index >= 15 is 0 Å². The number of benzene rings is 2. The molecule has 0 spiro atoms. The van der Waals surface area contributed by atoms with E-state index in [0.717, 1.165) is 31.4 Å². The molecule has 0 saturated carbocycles. The van der Waals surface area contributed by atoms with Crippen LogP contribution in [0.25, 0.3) is 16.3 Å². The third-order valence-electron chi connectivity index (χ3n) is 8.35. The number of hydrazine groups is 1. The molecule has 1 unspecified atom stereocenters. The first kappa shape index (κ1) is 36.4. The summed E-state index contributed by atoms with van der Waals surface area (Å²) in [6.45, 7) is 1.87. The van der Waals surface area contributed by atoms with Gasteiger partial charge in [0.05, 0.1) is 47.7 Å². The van der Waals surface area contributed by atoms with Crippen LogP contribution in [0, 0.1) is 11.8 Å². The molecule has 0 bridgehead atoms. The first-order valence-electron chi connectivity index (χ1n) is 15.8. The maximum absolute atomic E-state index is 13.9. The van der Waals surface area contributed by atoms with E-state index in [1.54, 1.807) is 39.3 Å². The third-order valence-corrected chi connectivity index (χ3v) is 11.7. The van der Waals surface area contributed by atoms with E-state index in [4.69, 9.17) is 28.3 Å². The van der Waals surface area contributed by atoms with Gasteiger partial charge in [-0.15, -0.1) is 11.3 Å². The lowest BCUT2D eigenvalue weighted by Crippen LogP contribution is -2.45. The summed E-state index contributed by atoms with van der Waals surface area (Å²) in [5, 5.41) is 17.4. The summed E-state index contributed by atoms with van der Waals surface area (Å²) in [5.41, 5.74) is 4.04. The summed E-state index contributed by atoms with van der Waals surface area (Å²) in [6.07, 6.45) is -1.67. The van der Waals surface area contributed by atoms with Crippen molar-refractivity contribution in [2.75, 3.05) is 26.2 Å². The number of halogens is 5. The molecule has 2 aliphatic heterocycles. The topological polar surface area (TPSA) is 103 Å². The van der Waals surface area contributed by atoms with E-state index < -0.39 is 33.6 Å². The second-order valence-electron chi connectivity index (χ2n) is 12.0. The van der Waals surface area contributed by atoms with Crippen LogP contribution in [0.1, 0.15) is 57.7 Å². The smallest absolute Gasteiger partial charge is 0.392 e. The number of thiophene rings is 1. The maximum atomic E-state index is 13.9. The van der Waals surface area contributed by atoms with E-state index in [1.807, 2.05) is 5.01 Å². The number of nitrogens with zero attached hydrogens (tertiary/aromatic N) is 4. The van der Waals surface area contributed by atoms with Crippen LogP contribution in [0.3, 0.4) is 0 Å². The Labute approximate surface area is 302 Å². The number of aliphatic hydroxyl groups is 1. The number of aromatic nitrogens is 2. The van der Waals surface area contributed by atoms with Gasteiger partial charge in [-0.05, 0) is 79.7 Å². The molecule has 264 valence electrons. The van der Waals surface area contributed by atoms with Crippen LogP contribution >= 0.6 is 34.5 Å². The number of aliphatic hydroxyl groups excluding tert-OH is 1. The summed E-state index contributed by atoms with van der Waals surface area (Å²) >= 11 is 14.2. The number of piperidine rings is 1. The molecule has 1 amide bonds. The lowest BCUT2D eigenvalue weighted by atomic mass is 10.1. The number of hydrogen-bond donors (Lipinski definition) is 3. The first-order chi connectivity index (χ1) is 23.8. The highest BCUT2D eigenvalue weighted by atomic mass is 35.5. The monoisotopic (exact) mass is 764 g/mol. The van der Waals surface area contributed by atoms with E-state index in [9.17, 15) is 27.3 Å². The maximum Gasteiger partial charge on any atom is 0.416 e. The summed E-state index contributed by atoms with van der Waals surface area (Å²) in [6, 6.07) is 13.0. The Balaban J connectivity index is 1.43. The highest BCUT2D eigenvalue weighted by Crippen LogP contribution is 2.37. The van der Waals surface area contributed by atoms with E-state index in [1.165, 1.54) is 23.5 Å². The largest absolute Gasteiger partial charge is 0.416 e. The number of β-amino-alcohol motifs (C(OH)–C–C–N with tert-alkyl or cyclic N) is 1. The van der Waals surface area contributed by atoms with Crippen molar-refractivity contribution in [3.63, 3.8) is 0 Å². The number of carbonyl (C=O) groups excluding carboxylic acids is 1. The SMILES string of the molecule is C=S(=O)(NCc1c(C(=O)NN2CCCCC2)nn(-c2ccc(Cl)cc2Cl)c1-c1ccc(C#Cc2ccc(C(F)(F)F)cc2)s1)N1CC[C@H](O)C1. The fourth-order valence-electron chi connectivity index (χ4n) is 5.75. The number of carbonyl (C=O) groups is 1. The molecule has 6 rings (SSSR count). The summed E-state index contributed by atoms with van der Waals surface area (Å²) in [5.74, 6) is 9.38. The fourth-order valence-corrected chi connectivity index (χ4v) is 8.52. The zero-order chi connectivity index (χ0) is 35.6. The zero-order valence-electron chi connectivity index (χ0n) is 26.6. The van der Waals surface area contributed by atoms with Crippen molar-refractivity contribution in [2.24, 2.45) is 0 Å². The van der Waals surface area contributed by atoms with Gasteiger partial charge in [-0.25, -0.2) is 22.9 Å². The number of amides is 1. The fraction of sp³-hybridized carbons (Fsp3) is 0.324. The molecular formula is C34H33Cl2F3N6O3S2. The van der Waals surface area contributed by atoms with Crippen molar-refractivity contribution in [1.82, 2.24) is 29.2 Å². The lowest BCUT2D eigenvalue weighted by molar-refractivity contribution is -0.137. The molecule has 2 aromatic heterocycles. The molecule has 4 aromatic rings. The molecule has 0 radical (unpaired) electrons. The van der Waals surface area contributed by atoms with Crippen LogP contribution in [0.4, 0.5) is 13.2 Å². The summed E-state index contributed by atoms with van der Waals surface area (Å²) in [4.78, 5) is 15.2. The van der Waals surface area contributed by atoms with Crippen molar-refractivity contribution in [1.29, 1.82) is 0 Å². The van der Waals surface area contributed by atoms with E-state index in [0.29, 0.717) is 63.3 Å². The molecule has 2 fully saturated rings. The Hall–Kier alpha value is -3.39. The lowest BCUT2D eigenvalue weighted by Gasteiger charge is -2.26. The predicted molar refractivity (Wildman–Crippen MR) is 192 cm³/mol. The predicted octanol–water partition coefficient (Wildman–Crippen LogP) is 6.16.